The maximum Gasteiger partial charge on any atom is 0.0953 e. The van der Waals surface area contributed by atoms with Gasteiger partial charge >= 0.3 is 0 Å². The Morgan fingerprint density at radius 3 is 2.48 bits per heavy atom. The van der Waals surface area contributed by atoms with Gasteiger partial charge in [-0.15, -0.1) is 0 Å². The highest BCUT2D eigenvalue weighted by Gasteiger charge is 2.39. The van der Waals surface area contributed by atoms with Gasteiger partial charge in [-0.25, -0.2) is 0 Å². The van der Waals surface area contributed by atoms with E-state index in [9.17, 15) is 0 Å². The van der Waals surface area contributed by atoms with Crippen molar-refractivity contribution in [3.8, 4) is 11.1 Å². The molecule has 1 aliphatic heterocycles. The number of hydrogen-bond acceptors (Lipinski definition) is 3. The first kappa shape index (κ1) is 18.1. The quantitative estimate of drug-likeness (QED) is 0.683. The van der Waals surface area contributed by atoms with Crippen LogP contribution < -0.4 is 5.32 Å². The number of benzene rings is 2. The Balaban J connectivity index is 1.66. The molecule has 3 nitrogen and oxygen atoms in total. The molecule has 27 heavy (non-hydrogen) atoms. The van der Waals surface area contributed by atoms with Crippen LogP contribution in [0.1, 0.15) is 31.7 Å². The monoisotopic (exact) mass is 360 g/mol. The molecule has 1 aliphatic rings. The average Bonchev–Trinajstić information content (AvgIpc) is 2.76. The molecule has 1 unspecified atom stereocenters. The fraction of sp³-hybridized carbons (Fsp3) is 0.375. The van der Waals surface area contributed by atoms with Gasteiger partial charge in [0.2, 0.25) is 0 Å². The van der Waals surface area contributed by atoms with Gasteiger partial charge < -0.3 is 10.1 Å². The Labute approximate surface area is 161 Å². The zero-order valence-electron chi connectivity index (χ0n) is 16.2. The van der Waals surface area contributed by atoms with E-state index in [0.717, 1.165) is 25.0 Å². The first-order chi connectivity index (χ1) is 13.3. The molecule has 0 amide bonds. The molecule has 0 aliphatic carbocycles. The zero-order chi connectivity index (χ0) is 18.7. The van der Waals surface area contributed by atoms with Gasteiger partial charge in [0.05, 0.1) is 11.1 Å². The lowest BCUT2D eigenvalue weighted by Crippen LogP contribution is -2.42. The van der Waals surface area contributed by atoms with E-state index in [2.05, 4.69) is 65.8 Å². The molecule has 140 valence electrons. The summed E-state index contributed by atoms with van der Waals surface area (Å²) in [6.45, 7) is 4.41. The molecule has 4 rings (SSSR count). The van der Waals surface area contributed by atoms with Crippen molar-refractivity contribution < 1.29 is 4.74 Å². The van der Waals surface area contributed by atoms with Crippen LogP contribution in [-0.2, 0) is 10.3 Å². The van der Waals surface area contributed by atoms with Gasteiger partial charge in [0.1, 0.15) is 0 Å². The standard InChI is InChI=1S/C24H28N2O/c1-3-24(27-2,22-12-15-25-16-13-22)21-10-8-18(9-11-21)20-7-6-19-5-4-14-26-23(19)17-20/h4-11,14,17,22,25H,3,12-13,15-16H2,1-2H3. The molecule has 1 N–H and O–H groups in total. The van der Waals surface area contributed by atoms with E-state index in [1.165, 1.54) is 34.9 Å². The van der Waals surface area contributed by atoms with Crippen LogP contribution in [0, 0.1) is 5.92 Å². The molecule has 0 saturated carbocycles. The number of aromatic nitrogens is 1. The predicted octanol–water partition coefficient (Wildman–Crippen LogP) is 5.15. The minimum atomic E-state index is -0.189. The number of nitrogens with zero attached hydrogens (tertiary/aromatic N) is 1. The van der Waals surface area contributed by atoms with Crippen LogP contribution in [0.4, 0.5) is 0 Å². The van der Waals surface area contributed by atoms with Gasteiger partial charge in [0.15, 0.2) is 0 Å². The molecule has 0 spiro atoms. The molecule has 1 aromatic heterocycles. The second kappa shape index (κ2) is 7.79. The van der Waals surface area contributed by atoms with Crippen LogP contribution in [0.15, 0.2) is 60.8 Å². The van der Waals surface area contributed by atoms with E-state index in [1.807, 2.05) is 19.4 Å². The molecule has 1 atom stereocenters. The predicted molar refractivity (Wildman–Crippen MR) is 112 cm³/mol. The van der Waals surface area contributed by atoms with Crippen molar-refractivity contribution in [3.63, 3.8) is 0 Å². The van der Waals surface area contributed by atoms with Gasteiger partial charge in [0.25, 0.3) is 0 Å². The largest absolute Gasteiger partial charge is 0.373 e. The number of pyridine rings is 1. The average molecular weight is 361 g/mol. The molecule has 3 aromatic rings. The summed E-state index contributed by atoms with van der Waals surface area (Å²) in [5, 5.41) is 4.64. The number of fused-ring (bicyclic) bond motifs is 1. The number of hydrogen-bond donors (Lipinski definition) is 1. The third-order valence-electron chi connectivity index (χ3n) is 6.20. The molecule has 2 aromatic carbocycles. The van der Waals surface area contributed by atoms with Crippen LogP contribution in [0.3, 0.4) is 0 Å². The van der Waals surface area contributed by atoms with Crippen molar-refractivity contribution in [1.29, 1.82) is 0 Å². The summed E-state index contributed by atoms with van der Waals surface area (Å²) in [7, 11) is 1.87. The third kappa shape index (κ3) is 3.38. The number of ether oxygens (including phenoxy) is 1. The molecule has 1 fully saturated rings. The summed E-state index contributed by atoms with van der Waals surface area (Å²) in [6, 6.07) is 19.5. The highest BCUT2D eigenvalue weighted by molar-refractivity contribution is 5.84. The van der Waals surface area contributed by atoms with E-state index in [4.69, 9.17) is 4.74 Å². The van der Waals surface area contributed by atoms with Crippen LogP contribution in [-0.4, -0.2) is 25.2 Å². The highest BCUT2D eigenvalue weighted by atomic mass is 16.5. The molecule has 1 saturated heterocycles. The Kier molecular flexibility index (Phi) is 5.24. The van der Waals surface area contributed by atoms with Crippen LogP contribution in [0.2, 0.25) is 0 Å². The van der Waals surface area contributed by atoms with Crippen molar-refractivity contribution >= 4 is 10.9 Å². The Morgan fingerprint density at radius 1 is 1.04 bits per heavy atom. The smallest absolute Gasteiger partial charge is 0.0953 e. The van der Waals surface area contributed by atoms with Crippen molar-refractivity contribution in [2.75, 3.05) is 20.2 Å². The fourth-order valence-corrected chi connectivity index (χ4v) is 4.64. The molecular formula is C24H28N2O. The zero-order valence-corrected chi connectivity index (χ0v) is 16.2. The minimum Gasteiger partial charge on any atom is -0.373 e. The maximum atomic E-state index is 6.18. The van der Waals surface area contributed by atoms with Gasteiger partial charge in [-0.2, -0.15) is 0 Å². The van der Waals surface area contributed by atoms with Crippen LogP contribution in [0.25, 0.3) is 22.0 Å². The number of rotatable bonds is 5. The van der Waals surface area contributed by atoms with Gasteiger partial charge in [-0.3, -0.25) is 4.98 Å². The number of nitrogens with one attached hydrogen (secondary N) is 1. The van der Waals surface area contributed by atoms with Crippen molar-refractivity contribution in [2.24, 2.45) is 5.92 Å². The first-order valence-corrected chi connectivity index (χ1v) is 9.98. The van der Waals surface area contributed by atoms with Gasteiger partial charge in [-0.05, 0) is 67.1 Å². The summed E-state index contributed by atoms with van der Waals surface area (Å²) in [6.07, 6.45) is 5.18. The minimum absolute atomic E-state index is 0.189. The van der Waals surface area contributed by atoms with Crippen LogP contribution >= 0.6 is 0 Å². The molecule has 0 radical (unpaired) electrons. The summed E-state index contributed by atoms with van der Waals surface area (Å²) in [4.78, 5) is 4.49. The van der Waals surface area contributed by atoms with E-state index in [0.29, 0.717) is 5.92 Å². The van der Waals surface area contributed by atoms with Gasteiger partial charge in [0, 0.05) is 18.7 Å². The third-order valence-corrected chi connectivity index (χ3v) is 6.20. The van der Waals surface area contributed by atoms with Crippen molar-refractivity contribution in [1.82, 2.24) is 10.3 Å². The topological polar surface area (TPSA) is 34.1 Å². The van der Waals surface area contributed by atoms with Crippen molar-refractivity contribution in [3.05, 3.63) is 66.4 Å². The van der Waals surface area contributed by atoms with E-state index < -0.39 is 0 Å². The van der Waals surface area contributed by atoms with Crippen LogP contribution in [0.5, 0.6) is 0 Å². The van der Waals surface area contributed by atoms with Gasteiger partial charge in [-0.1, -0.05) is 49.4 Å². The van der Waals surface area contributed by atoms with E-state index >= 15 is 0 Å². The van der Waals surface area contributed by atoms with Crippen molar-refractivity contribution in [2.45, 2.75) is 31.8 Å². The highest BCUT2D eigenvalue weighted by Crippen LogP contribution is 2.41. The Hall–Kier alpha value is -2.23. The maximum absolute atomic E-state index is 6.18. The Morgan fingerprint density at radius 2 is 1.78 bits per heavy atom. The number of methoxy groups -OCH3 is 1. The second-order valence-electron chi connectivity index (χ2n) is 7.46. The Bertz CT molecular complexity index is 894. The lowest BCUT2D eigenvalue weighted by molar-refractivity contribution is -0.0769. The summed E-state index contributed by atoms with van der Waals surface area (Å²) < 4.78 is 6.18. The number of piperidine rings is 1. The first-order valence-electron chi connectivity index (χ1n) is 9.98. The lowest BCUT2D eigenvalue weighted by atomic mass is 9.74. The SMILES string of the molecule is CCC(OC)(c1ccc(-c2ccc3cccnc3c2)cc1)C1CCNCC1. The molecule has 3 heteroatoms. The molecule has 0 bridgehead atoms. The lowest BCUT2D eigenvalue weighted by Gasteiger charge is -2.42. The summed E-state index contributed by atoms with van der Waals surface area (Å²) in [5.74, 6) is 0.560. The summed E-state index contributed by atoms with van der Waals surface area (Å²) in [5.41, 5.74) is 4.56. The fourth-order valence-electron chi connectivity index (χ4n) is 4.64. The molecule has 2 heterocycles. The van der Waals surface area contributed by atoms with E-state index in [-0.39, 0.29) is 5.60 Å². The van der Waals surface area contributed by atoms with E-state index in [1.54, 1.807) is 0 Å². The second-order valence-corrected chi connectivity index (χ2v) is 7.46. The molecular weight excluding hydrogens is 332 g/mol. The normalized spacial score (nSPS) is 17.7. The summed E-state index contributed by atoms with van der Waals surface area (Å²) >= 11 is 0.